The van der Waals surface area contributed by atoms with E-state index in [4.69, 9.17) is 28.3 Å². The summed E-state index contributed by atoms with van der Waals surface area (Å²) >= 11 is 11.7. The average Bonchev–Trinajstić information content (AvgIpc) is 3.13. The normalized spacial score (nSPS) is 15.6. The van der Waals surface area contributed by atoms with Crippen LogP contribution in [0.25, 0.3) is 0 Å². The third-order valence-electron chi connectivity index (χ3n) is 3.12. The van der Waals surface area contributed by atoms with Crippen LogP contribution in [-0.2, 0) is 10.0 Å². The number of aromatic carboxylic acids is 1. The minimum Gasteiger partial charge on any atom is -0.478 e. The topological polar surface area (TPSA) is 74.7 Å². The van der Waals surface area contributed by atoms with Crippen molar-refractivity contribution < 1.29 is 18.3 Å². The average molecular weight is 338 g/mol. The molecule has 0 aromatic heterocycles. The largest absolute Gasteiger partial charge is 0.478 e. The fourth-order valence-electron chi connectivity index (χ4n) is 2.04. The van der Waals surface area contributed by atoms with Gasteiger partial charge in [-0.05, 0) is 25.0 Å². The van der Waals surface area contributed by atoms with Crippen LogP contribution in [0, 0.1) is 0 Å². The van der Waals surface area contributed by atoms with Crippen LogP contribution in [0.15, 0.2) is 17.0 Å². The third-order valence-corrected chi connectivity index (χ3v) is 6.01. The molecule has 20 heavy (non-hydrogen) atoms. The van der Waals surface area contributed by atoms with Crippen molar-refractivity contribution in [2.45, 2.75) is 30.7 Å². The molecule has 1 N–H and O–H groups in total. The van der Waals surface area contributed by atoms with Crippen molar-refractivity contribution in [2.75, 3.05) is 6.54 Å². The van der Waals surface area contributed by atoms with Crippen molar-refractivity contribution in [3.05, 3.63) is 27.7 Å². The van der Waals surface area contributed by atoms with Gasteiger partial charge in [0.05, 0.1) is 15.6 Å². The summed E-state index contributed by atoms with van der Waals surface area (Å²) < 4.78 is 26.5. The van der Waals surface area contributed by atoms with Crippen molar-refractivity contribution in [2.24, 2.45) is 0 Å². The maximum atomic E-state index is 12.6. The molecule has 0 heterocycles. The molecule has 0 radical (unpaired) electrons. The van der Waals surface area contributed by atoms with E-state index in [9.17, 15) is 13.2 Å². The van der Waals surface area contributed by atoms with Gasteiger partial charge in [0.2, 0.25) is 10.0 Å². The van der Waals surface area contributed by atoms with E-state index in [-0.39, 0.29) is 26.5 Å². The summed E-state index contributed by atoms with van der Waals surface area (Å²) in [5, 5.41) is 8.65. The van der Waals surface area contributed by atoms with Gasteiger partial charge < -0.3 is 5.11 Å². The number of sulfonamides is 1. The van der Waals surface area contributed by atoms with Gasteiger partial charge in [-0.1, -0.05) is 30.1 Å². The van der Waals surface area contributed by atoms with Crippen molar-refractivity contribution in [1.29, 1.82) is 0 Å². The number of carboxylic acid groups (broad SMARTS) is 1. The zero-order valence-corrected chi connectivity index (χ0v) is 13.0. The quantitative estimate of drug-likeness (QED) is 0.896. The first-order chi connectivity index (χ1) is 9.30. The highest BCUT2D eigenvalue weighted by Gasteiger charge is 2.38. The molecule has 1 saturated carbocycles. The lowest BCUT2D eigenvalue weighted by Crippen LogP contribution is -2.33. The van der Waals surface area contributed by atoms with Crippen LogP contribution in [0.4, 0.5) is 0 Å². The number of halogens is 2. The van der Waals surface area contributed by atoms with Gasteiger partial charge in [0, 0.05) is 12.6 Å². The minimum atomic E-state index is -3.81. The predicted molar refractivity (Wildman–Crippen MR) is 76.0 cm³/mol. The first-order valence-corrected chi connectivity index (χ1v) is 8.23. The first kappa shape index (κ1) is 15.6. The molecule has 0 amide bonds. The van der Waals surface area contributed by atoms with Gasteiger partial charge in [-0.25, -0.2) is 13.2 Å². The maximum absolute atomic E-state index is 12.6. The van der Waals surface area contributed by atoms with Gasteiger partial charge in [-0.3, -0.25) is 0 Å². The Balaban J connectivity index is 2.57. The molecule has 1 aliphatic rings. The summed E-state index contributed by atoms with van der Waals surface area (Å²) in [5.74, 6) is -1.36. The molecule has 0 unspecified atom stereocenters. The molecule has 5 nitrogen and oxygen atoms in total. The molecule has 0 atom stereocenters. The fourth-order valence-corrected chi connectivity index (χ4v) is 4.63. The minimum absolute atomic E-state index is 0.0231. The van der Waals surface area contributed by atoms with Crippen molar-refractivity contribution >= 4 is 39.2 Å². The van der Waals surface area contributed by atoms with Crippen LogP contribution in [0.5, 0.6) is 0 Å². The van der Waals surface area contributed by atoms with E-state index in [1.165, 1.54) is 16.4 Å². The van der Waals surface area contributed by atoms with E-state index in [2.05, 4.69) is 0 Å². The lowest BCUT2D eigenvalue weighted by molar-refractivity contribution is 0.0697. The van der Waals surface area contributed by atoms with Crippen LogP contribution in [0.3, 0.4) is 0 Å². The number of hydrogen-bond acceptors (Lipinski definition) is 3. The molecule has 1 aromatic carbocycles. The van der Waals surface area contributed by atoms with Crippen LogP contribution < -0.4 is 0 Å². The number of rotatable bonds is 5. The van der Waals surface area contributed by atoms with Crippen molar-refractivity contribution in [3.63, 3.8) is 0 Å². The summed E-state index contributed by atoms with van der Waals surface area (Å²) in [6.45, 7) is 2.05. The Morgan fingerprint density at radius 2 is 2.00 bits per heavy atom. The Morgan fingerprint density at radius 3 is 2.45 bits per heavy atom. The Bertz CT molecular complexity index is 656. The molecular weight excluding hydrogens is 325 g/mol. The van der Waals surface area contributed by atoms with E-state index in [1.807, 2.05) is 0 Å². The number of nitrogens with zero attached hydrogens (tertiary/aromatic N) is 1. The summed E-state index contributed by atoms with van der Waals surface area (Å²) in [5.41, 5.74) is -0.388. The Hall–Kier alpha value is -0.820. The molecule has 0 spiro atoms. The number of carbonyl (C=O) groups is 1. The lowest BCUT2D eigenvalue weighted by atomic mass is 10.2. The van der Waals surface area contributed by atoms with E-state index in [0.29, 0.717) is 6.54 Å². The van der Waals surface area contributed by atoms with Gasteiger partial charge in [0.1, 0.15) is 4.90 Å². The highest BCUT2D eigenvalue weighted by molar-refractivity contribution is 7.89. The SMILES string of the molecule is CCN(C1CC1)S(=O)(=O)c1ccc(Cl)c(C(=O)O)c1Cl. The second-order valence-electron chi connectivity index (χ2n) is 4.48. The maximum Gasteiger partial charge on any atom is 0.338 e. The van der Waals surface area contributed by atoms with Gasteiger partial charge in [0.25, 0.3) is 0 Å². The molecule has 1 aliphatic carbocycles. The van der Waals surface area contributed by atoms with E-state index < -0.39 is 16.0 Å². The summed E-state index contributed by atoms with van der Waals surface area (Å²) in [6.07, 6.45) is 1.62. The predicted octanol–water partition coefficient (Wildman–Crippen LogP) is 2.86. The van der Waals surface area contributed by atoms with E-state index in [0.717, 1.165) is 12.8 Å². The van der Waals surface area contributed by atoms with Crippen LogP contribution in [0.1, 0.15) is 30.1 Å². The molecule has 0 aliphatic heterocycles. The van der Waals surface area contributed by atoms with Gasteiger partial charge in [-0.15, -0.1) is 0 Å². The van der Waals surface area contributed by atoms with E-state index in [1.54, 1.807) is 6.92 Å². The molecular formula is C12H13Cl2NO4S. The van der Waals surface area contributed by atoms with Gasteiger partial charge >= 0.3 is 5.97 Å². The van der Waals surface area contributed by atoms with E-state index >= 15 is 0 Å². The number of hydrogen-bond donors (Lipinski definition) is 1. The molecule has 0 bridgehead atoms. The summed E-state index contributed by atoms with van der Waals surface area (Å²) in [6, 6.07) is 2.46. The second kappa shape index (κ2) is 5.52. The molecule has 1 aromatic rings. The highest BCUT2D eigenvalue weighted by Crippen LogP contribution is 2.36. The number of carboxylic acids is 1. The smallest absolute Gasteiger partial charge is 0.338 e. The van der Waals surface area contributed by atoms with Gasteiger partial charge in [0.15, 0.2) is 0 Å². The summed E-state index contributed by atoms with van der Waals surface area (Å²) in [4.78, 5) is 10.9. The zero-order chi connectivity index (χ0) is 15.1. The molecule has 0 saturated heterocycles. The van der Waals surface area contributed by atoms with Gasteiger partial charge in [-0.2, -0.15) is 4.31 Å². The molecule has 2 rings (SSSR count). The molecule has 8 heteroatoms. The first-order valence-electron chi connectivity index (χ1n) is 6.03. The second-order valence-corrected chi connectivity index (χ2v) is 7.12. The van der Waals surface area contributed by atoms with Crippen LogP contribution in [-0.4, -0.2) is 36.4 Å². The standard InChI is InChI=1S/C12H13Cl2NO4S/c1-2-15(7-3-4-7)20(18,19)9-6-5-8(13)10(11(9)14)12(16)17/h5-7H,2-4H2,1H3,(H,16,17). The Morgan fingerprint density at radius 1 is 1.40 bits per heavy atom. The highest BCUT2D eigenvalue weighted by atomic mass is 35.5. The fraction of sp³-hybridized carbons (Fsp3) is 0.417. The number of benzene rings is 1. The lowest BCUT2D eigenvalue weighted by Gasteiger charge is -2.21. The molecule has 1 fully saturated rings. The molecule has 110 valence electrons. The Kier molecular flexibility index (Phi) is 4.30. The van der Waals surface area contributed by atoms with Crippen molar-refractivity contribution in [1.82, 2.24) is 4.31 Å². The summed E-state index contributed by atoms with van der Waals surface area (Å²) in [7, 11) is -3.81. The third kappa shape index (κ3) is 2.65. The monoisotopic (exact) mass is 337 g/mol. The van der Waals surface area contributed by atoms with Crippen LogP contribution in [0.2, 0.25) is 10.0 Å². The van der Waals surface area contributed by atoms with Crippen molar-refractivity contribution in [3.8, 4) is 0 Å². The Labute approximate surface area is 127 Å². The zero-order valence-electron chi connectivity index (χ0n) is 10.6. The van der Waals surface area contributed by atoms with Crippen LogP contribution >= 0.6 is 23.2 Å².